The van der Waals surface area contributed by atoms with Crippen LogP contribution < -0.4 is 0 Å². The first kappa shape index (κ1) is 19.7. The van der Waals surface area contributed by atoms with Gasteiger partial charge in [-0.25, -0.2) is 5.06 Å². The second-order valence-corrected chi connectivity index (χ2v) is 5.92. The zero-order chi connectivity index (χ0) is 16.4. The molecule has 0 aliphatic carbocycles. The molecule has 0 heterocycles. The van der Waals surface area contributed by atoms with Gasteiger partial charge in [0.25, 0.3) is 5.91 Å². The summed E-state index contributed by atoms with van der Waals surface area (Å²) in [5.74, 6) is 0.849. The largest absolute Gasteiger partial charge is 0.274 e. The van der Waals surface area contributed by atoms with Gasteiger partial charge in [0.15, 0.2) is 0 Å². The molecule has 1 amide bonds. The Labute approximate surface area is 130 Å². The van der Waals surface area contributed by atoms with Gasteiger partial charge >= 0.3 is 0 Å². The maximum atomic E-state index is 11.6. The van der Waals surface area contributed by atoms with Crippen LogP contribution in [0.5, 0.6) is 0 Å². The number of hydrogen-bond donors (Lipinski definition) is 0. The Kier molecular flexibility index (Phi) is 9.72. The highest BCUT2D eigenvalue weighted by molar-refractivity contribution is 5.86. The van der Waals surface area contributed by atoms with Crippen molar-refractivity contribution in [3.63, 3.8) is 0 Å². The number of rotatable bonds is 8. The van der Waals surface area contributed by atoms with E-state index in [1.54, 1.807) is 13.1 Å². The topological polar surface area (TPSA) is 29.5 Å². The molecule has 0 bridgehead atoms. The lowest BCUT2D eigenvalue weighted by atomic mass is 9.91. The third-order valence-electron chi connectivity index (χ3n) is 3.53. The first-order chi connectivity index (χ1) is 9.79. The van der Waals surface area contributed by atoms with Crippen LogP contribution in [0.15, 0.2) is 35.5 Å². The Balaban J connectivity index is 4.33. The predicted molar refractivity (Wildman–Crippen MR) is 89.7 cm³/mol. The summed E-state index contributed by atoms with van der Waals surface area (Å²) in [4.78, 5) is 16.4. The standard InChI is InChI=1S/C18H31NO2/c1-8-14(2)11-16(4)13-17(5)12-15(3)9-10-18(20)19(6)21-7/h8-11,15,17H,12-13H2,1-7H3/b10-9+,14-8+,16-11+/t15-,17-/m1/s1. The van der Waals surface area contributed by atoms with Crippen molar-refractivity contribution >= 4 is 5.91 Å². The van der Waals surface area contributed by atoms with E-state index in [2.05, 4.69) is 46.8 Å². The van der Waals surface area contributed by atoms with Crippen LogP contribution >= 0.6 is 0 Å². The SMILES string of the molecule is C/C=C(C)/C=C(\C)C[C@H](C)C[C@H](C)/C=C/C(=O)N(C)OC. The predicted octanol–water partition coefficient (Wildman–Crippen LogP) is 4.53. The van der Waals surface area contributed by atoms with Gasteiger partial charge in [-0.15, -0.1) is 0 Å². The molecule has 0 aliphatic heterocycles. The molecule has 0 aromatic heterocycles. The second-order valence-electron chi connectivity index (χ2n) is 5.92. The molecule has 21 heavy (non-hydrogen) atoms. The third-order valence-corrected chi connectivity index (χ3v) is 3.53. The highest BCUT2D eigenvalue weighted by Gasteiger charge is 2.09. The fourth-order valence-electron chi connectivity index (χ4n) is 2.32. The van der Waals surface area contributed by atoms with E-state index in [1.165, 1.54) is 23.3 Å². The van der Waals surface area contributed by atoms with E-state index in [0.29, 0.717) is 11.8 Å². The molecule has 0 unspecified atom stereocenters. The van der Waals surface area contributed by atoms with Crippen molar-refractivity contribution in [1.29, 1.82) is 0 Å². The summed E-state index contributed by atoms with van der Waals surface area (Å²) >= 11 is 0. The van der Waals surface area contributed by atoms with Crippen molar-refractivity contribution in [3.05, 3.63) is 35.5 Å². The van der Waals surface area contributed by atoms with E-state index in [1.807, 2.05) is 6.08 Å². The molecule has 0 rings (SSSR count). The van der Waals surface area contributed by atoms with Crippen molar-refractivity contribution in [2.75, 3.05) is 14.2 Å². The smallest absolute Gasteiger partial charge is 0.269 e. The van der Waals surface area contributed by atoms with E-state index in [9.17, 15) is 4.79 Å². The van der Waals surface area contributed by atoms with Crippen molar-refractivity contribution in [3.8, 4) is 0 Å². The number of hydrogen-bond acceptors (Lipinski definition) is 2. The molecule has 0 saturated carbocycles. The molecular formula is C18H31NO2. The molecule has 2 atom stereocenters. The molecular weight excluding hydrogens is 262 g/mol. The van der Waals surface area contributed by atoms with Gasteiger partial charge in [0.05, 0.1) is 7.11 Å². The monoisotopic (exact) mass is 293 g/mol. The summed E-state index contributed by atoms with van der Waals surface area (Å²) in [6.45, 7) is 10.8. The van der Waals surface area contributed by atoms with Gasteiger partial charge in [-0.1, -0.05) is 43.2 Å². The number of nitrogens with zero attached hydrogens (tertiary/aromatic N) is 1. The zero-order valence-corrected chi connectivity index (χ0v) is 14.6. The molecule has 3 heteroatoms. The van der Waals surface area contributed by atoms with Crippen molar-refractivity contribution in [2.45, 2.75) is 47.5 Å². The third kappa shape index (κ3) is 9.24. The van der Waals surface area contributed by atoms with E-state index in [0.717, 1.165) is 12.8 Å². The Bertz CT molecular complexity index is 407. The first-order valence-electron chi connectivity index (χ1n) is 7.60. The van der Waals surface area contributed by atoms with Crippen LogP contribution in [0.2, 0.25) is 0 Å². The van der Waals surface area contributed by atoms with Crippen molar-refractivity contribution in [2.24, 2.45) is 11.8 Å². The van der Waals surface area contributed by atoms with E-state index in [-0.39, 0.29) is 5.91 Å². The summed E-state index contributed by atoms with van der Waals surface area (Å²) in [6.07, 6.45) is 10.1. The van der Waals surface area contributed by atoms with Crippen LogP contribution in [0.1, 0.15) is 47.5 Å². The van der Waals surface area contributed by atoms with Gasteiger partial charge in [0, 0.05) is 13.1 Å². The van der Waals surface area contributed by atoms with E-state index < -0.39 is 0 Å². The number of carbonyl (C=O) groups excluding carboxylic acids is 1. The number of likely N-dealkylation sites (N-methyl/N-ethyl adjacent to an activating group) is 1. The normalized spacial score (nSPS) is 16.1. The van der Waals surface area contributed by atoms with E-state index >= 15 is 0 Å². The molecule has 0 aliphatic rings. The average Bonchev–Trinajstić information content (AvgIpc) is 2.42. The second kappa shape index (κ2) is 10.4. The van der Waals surface area contributed by atoms with Crippen LogP contribution in [0, 0.1) is 11.8 Å². The van der Waals surface area contributed by atoms with Crippen LogP contribution in [-0.2, 0) is 9.63 Å². The lowest BCUT2D eigenvalue weighted by molar-refractivity contribution is -0.162. The average molecular weight is 293 g/mol. The number of amides is 1. The van der Waals surface area contributed by atoms with Crippen LogP contribution in [0.25, 0.3) is 0 Å². The molecule has 0 aromatic rings. The van der Waals surface area contributed by atoms with Gasteiger partial charge in [-0.05, 0) is 45.4 Å². The fraction of sp³-hybridized carbons (Fsp3) is 0.611. The summed E-state index contributed by atoms with van der Waals surface area (Å²) in [5, 5.41) is 1.22. The molecule has 0 radical (unpaired) electrons. The highest BCUT2D eigenvalue weighted by Crippen LogP contribution is 2.21. The van der Waals surface area contributed by atoms with Gasteiger partial charge in [-0.3, -0.25) is 9.63 Å². The Morgan fingerprint density at radius 2 is 1.90 bits per heavy atom. The summed E-state index contributed by atoms with van der Waals surface area (Å²) in [7, 11) is 3.09. The highest BCUT2D eigenvalue weighted by atomic mass is 16.7. The Morgan fingerprint density at radius 3 is 2.43 bits per heavy atom. The minimum Gasteiger partial charge on any atom is -0.274 e. The van der Waals surface area contributed by atoms with Crippen LogP contribution in [0.3, 0.4) is 0 Å². The van der Waals surface area contributed by atoms with Gasteiger partial charge in [-0.2, -0.15) is 0 Å². The summed E-state index contributed by atoms with van der Waals surface area (Å²) in [6, 6.07) is 0. The molecule has 120 valence electrons. The number of hydroxylamine groups is 2. The molecule has 3 nitrogen and oxygen atoms in total. The van der Waals surface area contributed by atoms with Crippen molar-refractivity contribution < 1.29 is 9.63 Å². The zero-order valence-electron chi connectivity index (χ0n) is 14.6. The Morgan fingerprint density at radius 1 is 1.29 bits per heavy atom. The minimum absolute atomic E-state index is 0.128. The van der Waals surface area contributed by atoms with Gasteiger partial charge in [0.2, 0.25) is 0 Å². The first-order valence-corrected chi connectivity index (χ1v) is 7.60. The molecule has 0 aromatic carbocycles. The van der Waals surface area contributed by atoms with E-state index in [4.69, 9.17) is 4.84 Å². The van der Waals surface area contributed by atoms with Crippen LogP contribution in [0.4, 0.5) is 0 Å². The summed E-state index contributed by atoms with van der Waals surface area (Å²) in [5.41, 5.74) is 2.71. The number of allylic oxidation sites excluding steroid dienone is 5. The molecule has 0 spiro atoms. The van der Waals surface area contributed by atoms with Gasteiger partial charge in [0.1, 0.15) is 0 Å². The maximum absolute atomic E-state index is 11.6. The molecule has 0 fully saturated rings. The van der Waals surface area contributed by atoms with Crippen molar-refractivity contribution in [1.82, 2.24) is 5.06 Å². The lowest BCUT2D eigenvalue weighted by Crippen LogP contribution is -2.23. The Hall–Kier alpha value is -1.35. The van der Waals surface area contributed by atoms with Gasteiger partial charge < -0.3 is 0 Å². The molecule has 0 saturated heterocycles. The lowest BCUT2D eigenvalue weighted by Gasteiger charge is -2.15. The maximum Gasteiger partial charge on any atom is 0.269 e. The van der Waals surface area contributed by atoms with Crippen LogP contribution in [-0.4, -0.2) is 25.1 Å². The molecule has 0 N–H and O–H groups in total. The minimum atomic E-state index is -0.128. The summed E-state index contributed by atoms with van der Waals surface area (Å²) < 4.78 is 0. The number of carbonyl (C=O) groups is 1. The fourth-order valence-corrected chi connectivity index (χ4v) is 2.32. The quantitative estimate of drug-likeness (QED) is 0.374.